The monoisotopic (exact) mass is 519 g/mol. The van der Waals surface area contributed by atoms with Crippen LogP contribution in [-0.4, -0.2) is 87.2 Å². The molecule has 2 fully saturated rings. The van der Waals surface area contributed by atoms with Gasteiger partial charge in [-0.15, -0.1) is 24.0 Å². The van der Waals surface area contributed by atoms with Gasteiger partial charge in [-0.05, 0) is 37.9 Å². The van der Waals surface area contributed by atoms with E-state index in [1.54, 1.807) is 6.26 Å². The molecule has 0 unspecified atom stereocenters. The van der Waals surface area contributed by atoms with Crippen molar-refractivity contribution in [2.45, 2.75) is 25.7 Å². The van der Waals surface area contributed by atoms with Gasteiger partial charge in [0, 0.05) is 45.7 Å². The molecule has 1 aromatic rings. The molecule has 3 heterocycles. The molecule has 2 N–H and O–H groups in total. The summed E-state index contributed by atoms with van der Waals surface area (Å²) < 4.78 is 10.8. The number of morpholine rings is 1. The van der Waals surface area contributed by atoms with Gasteiger partial charge in [-0.1, -0.05) is 0 Å². The normalized spacial score (nSPS) is 17.8. The van der Waals surface area contributed by atoms with Crippen molar-refractivity contribution in [1.82, 2.24) is 20.4 Å². The molecule has 9 heteroatoms. The smallest absolute Gasteiger partial charge is 0.244 e. The van der Waals surface area contributed by atoms with E-state index in [4.69, 9.17) is 9.15 Å². The van der Waals surface area contributed by atoms with E-state index in [1.807, 2.05) is 17.0 Å². The minimum Gasteiger partial charge on any atom is -0.469 e. The van der Waals surface area contributed by atoms with Crippen LogP contribution in [0.25, 0.3) is 0 Å². The summed E-state index contributed by atoms with van der Waals surface area (Å²) in [5.41, 5.74) is 0. The molecule has 0 saturated carbocycles. The van der Waals surface area contributed by atoms with Gasteiger partial charge in [0.15, 0.2) is 5.96 Å². The number of carbonyl (C=O) groups is 1. The summed E-state index contributed by atoms with van der Waals surface area (Å²) in [6.07, 6.45) is 5.69. The van der Waals surface area contributed by atoms with Crippen molar-refractivity contribution in [1.29, 1.82) is 0 Å². The number of carbonyl (C=O) groups excluding carboxylic acids is 1. The molecule has 2 saturated heterocycles. The third kappa shape index (κ3) is 8.91. The van der Waals surface area contributed by atoms with E-state index in [2.05, 4.69) is 20.5 Å². The van der Waals surface area contributed by atoms with E-state index >= 15 is 0 Å². The molecule has 2 aliphatic heterocycles. The molecule has 164 valence electrons. The first-order valence-electron chi connectivity index (χ1n) is 10.4. The number of guanidine groups is 1. The van der Waals surface area contributed by atoms with E-state index in [9.17, 15) is 4.79 Å². The van der Waals surface area contributed by atoms with Crippen LogP contribution in [0.15, 0.2) is 27.8 Å². The van der Waals surface area contributed by atoms with E-state index in [0.717, 1.165) is 83.9 Å². The van der Waals surface area contributed by atoms with Gasteiger partial charge in [0.1, 0.15) is 12.3 Å². The molecule has 2 aliphatic rings. The molecule has 0 atom stereocenters. The zero-order valence-electron chi connectivity index (χ0n) is 17.1. The van der Waals surface area contributed by atoms with Gasteiger partial charge in [-0.3, -0.25) is 9.69 Å². The average molecular weight is 519 g/mol. The third-order valence-electron chi connectivity index (χ3n) is 5.12. The van der Waals surface area contributed by atoms with Gasteiger partial charge < -0.3 is 24.7 Å². The van der Waals surface area contributed by atoms with Crippen LogP contribution < -0.4 is 10.6 Å². The number of likely N-dealkylation sites (tertiary alicyclic amines) is 1. The first-order chi connectivity index (χ1) is 13.8. The lowest BCUT2D eigenvalue weighted by Crippen LogP contribution is -2.42. The Hall–Kier alpha value is -1.33. The number of nitrogens with one attached hydrogen (secondary N) is 2. The SMILES string of the molecule is I.O=C(CN=C(NCCCN1CCOCC1)NCCc1ccco1)N1CCCC1. The maximum absolute atomic E-state index is 12.3. The standard InChI is InChI=1S/C20H33N5O3.HI/c26-19(25-10-1-2-11-25)17-23-20(22-8-6-18-5-3-14-28-18)21-7-4-9-24-12-15-27-16-13-24;/h3,5,14H,1-2,4,6-13,15-17H2,(H2,21,22,23);1H. The van der Waals surface area contributed by atoms with Gasteiger partial charge in [-0.2, -0.15) is 0 Å². The first-order valence-corrected chi connectivity index (χ1v) is 10.4. The summed E-state index contributed by atoms with van der Waals surface area (Å²) in [4.78, 5) is 21.1. The maximum Gasteiger partial charge on any atom is 0.244 e. The number of hydrogen-bond donors (Lipinski definition) is 2. The molecular formula is C20H34IN5O3. The van der Waals surface area contributed by atoms with Crippen molar-refractivity contribution in [2.24, 2.45) is 4.99 Å². The highest BCUT2D eigenvalue weighted by Crippen LogP contribution is 2.07. The van der Waals surface area contributed by atoms with Gasteiger partial charge >= 0.3 is 0 Å². The number of hydrogen-bond acceptors (Lipinski definition) is 5. The lowest BCUT2D eigenvalue weighted by molar-refractivity contribution is -0.128. The molecule has 3 rings (SSSR count). The Morgan fingerprint density at radius 1 is 1.10 bits per heavy atom. The minimum atomic E-state index is 0. The second-order valence-corrected chi connectivity index (χ2v) is 7.24. The van der Waals surface area contributed by atoms with Crippen molar-refractivity contribution in [3.63, 3.8) is 0 Å². The van der Waals surface area contributed by atoms with E-state index in [0.29, 0.717) is 12.5 Å². The van der Waals surface area contributed by atoms with Crippen molar-refractivity contribution in [2.75, 3.05) is 65.6 Å². The Labute approximate surface area is 190 Å². The number of nitrogens with zero attached hydrogens (tertiary/aromatic N) is 3. The van der Waals surface area contributed by atoms with Gasteiger partial charge in [-0.25, -0.2) is 4.99 Å². The minimum absolute atomic E-state index is 0. The number of halogens is 1. The lowest BCUT2D eigenvalue weighted by Gasteiger charge is -2.26. The fourth-order valence-electron chi connectivity index (χ4n) is 3.48. The molecule has 8 nitrogen and oxygen atoms in total. The molecule has 1 amide bonds. The molecule has 0 aliphatic carbocycles. The zero-order valence-corrected chi connectivity index (χ0v) is 19.4. The summed E-state index contributed by atoms with van der Waals surface area (Å²) in [5.74, 6) is 1.74. The molecule has 29 heavy (non-hydrogen) atoms. The Morgan fingerprint density at radius 2 is 1.86 bits per heavy atom. The average Bonchev–Trinajstić information content (AvgIpc) is 3.43. The summed E-state index contributed by atoms with van der Waals surface area (Å²) in [6, 6.07) is 3.86. The number of amides is 1. The highest BCUT2D eigenvalue weighted by molar-refractivity contribution is 14.0. The maximum atomic E-state index is 12.3. The molecule has 0 aromatic carbocycles. The predicted molar refractivity (Wildman–Crippen MR) is 124 cm³/mol. The first kappa shape index (κ1) is 23.9. The Bertz CT molecular complexity index is 599. The van der Waals surface area contributed by atoms with Crippen molar-refractivity contribution < 1.29 is 13.9 Å². The quantitative estimate of drug-likeness (QED) is 0.222. The number of rotatable bonds is 9. The van der Waals surface area contributed by atoms with Crippen LogP contribution in [0.3, 0.4) is 0 Å². The third-order valence-corrected chi connectivity index (χ3v) is 5.12. The molecular weight excluding hydrogens is 485 g/mol. The highest BCUT2D eigenvalue weighted by atomic mass is 127. The van der Waals surface area contributed by atoms with Gasteiger partial charge in [0.2, 0.25) is 5.91 Å². The van der Waals surface area contributed by atoms with Crippen molar-refractivity contribution >= 4 is 35.8 Å². The molecule has 0 bridgehead atoms. The summed E-state index contributed by atoms with van der Waals surface area (Å²) >= 11 is 0. The second kappa shape index (κ2) is 13.8. The van der Waals surface area contributed by atoms with E-state index in [-0.39, 0.29) is 36.4 Å². The van der Waals surface area contributed by atoms with Crippen LogP contribution in [0.2, 0.25) is 0 Å². The number of furan rings is 1. The predicted octanol–water partition coefficient (Wildman–Crippen LogP) is 1.32. The fraction of sp³-hybridized carbons (Fsp3) is 0.700. The molecule has 1 aromatic heterocycles. The fourth-order valence-corrected chi connectivity index (χ4v) is 3.48. The zero-order chi connectivity index (χ0) is 19.4. The number of ether oxygens (including phenoxy) is 1. The van der Waals surface area contributed by atoms with E-state index < -0.39 is 0 Å². The van der Waals surface area contributed by atoms with Crippen molar-refractivity contribution in [3.8, 4) is 0 Å². The Kier molecular flexibility index (Phi) is 11.4. The van der Waals surface area contributed by atoms with Gasteiger partial charge in [0.25, 0.3) is 0 Å². The van der Waals surface area contributed by atoms with Crippen LogP contribution in [0.4, 0.5) is 0 Å². The topological polar surface area (TPSA) is 82.3 Å². The Morgan fingerprint density at radius 3 is 2.59 bits per heavy atom. The van der Waals surface area contributed by atoms with E-state index in [1.165, 1.54) is 0 Å². The molecule has 0 radical (unpaired) electrons. The summed E-state index contributed by atoms with van der Waals surface area (Å²) in [5, 5.41) is 6.68. The second-order valence-electron chi connectivity index (χ2n) is 7.24. The van der Waals surface area contributed by atoms with Crippen molar-refractivity contribution in [3.05, 3.63) is 24.2 Å². The van der Waals surface area contributed by atoms with Crippen LogP contribution in [-0.2, 0) is 16.0 Å². The molecule has 0 spiro atoms. The van der Waals surface area contributed by atoms with Crippen LogP contribution in [0.1, 0.15) is 25.0 Å². The summed E-state index contributed by atoms with van der Waals surface area (Å²) in [6.45, 7) is 8.16. The largest absolute Gasteiger partial charge is 0.469 e. The lowest BCUT2D eigenvalue weighted by atomic mass is 10.3. The van der Waals surface area contributed by atoms with Crippen LogP contribution in [0.5, 0.6) is 0 Å². The number of aliphatic imine (C=N–C) groups is 1. The van der Waals surface area contributed by atoms with Gasteiger partial charge in [0.05, 0.1) is 19.5 Å². The van der Waals surface area contributed by atoms with Crippen LogP contribution in [0, 0.1) is 0 Å². The van der Waals surface area contributed by atoms with Crippen LogP contribution >= 0.6 is 24.0 Å². The summed E-state index contributed by atoms with van der Waals surface area (Å²) in [7, 11) is 0. The Balaban J connectivity index is 0.00000300. The highest BCUT2D eigenvalue weighted by Gasteiger charge is 2.17.